The molecule has 1 fully saturated rings. The number of rotatable bonds is 5. The fraction of sp³-hybridized carbons (Fsp3) is 0.733. The van der Waals surface area contributed by atoms with Crippen LogP contribution in [-0.4, -0.2) is 54.3 Å². The molecule has 0 atom stereocenters. The average molecular weight is 332 g/mol. The van der Waals surface area contributed by atoms with Gasteiger partial charge in [-0.25, -0.2) is 4.98 Å². The maximum absolute atomic E-state index is 12.4. The molecule has 0 spiro atoms. The van der Waals surface area contributed by atoms with Crippen molar-refractivity contribution >= 4 is 5.82 Å². The van der Waals surface area contributed by atoms with Crippen LogP contribution >= 0.6 is 0 Å². The number of hydrogen-bond acceptors (Lipinski definition) is 5. The summed E-state index contributed by atoms with van der Waals surface area (Å²) in [4.78, 5) is 10.0. The lowest BCUT2D eigenvalue weighted by Gasteiger charge is -2.32. The summed E-state index contributed by atoms with van der Waals surface area (Å²) in [6.45, 7) is 4.53. The lowest BCUT2D eigenvalue weighted by atomic mass is 9.97. The van der Waals surface area contributed by atoms with Gasteiger partial charge in [-0.3, -0.25) is 4.90 Å². The number of ether oxygens (including phenoxy) is 1. The molecule has 0 amide bonds. The highest BCUT2D eigenvalue weighted by Crippen LogP contribution is 2.25. The molecular weight excluding hydrogens is 309 g/mol. The van der Waals surface area contributed by atoms with Crippen molar-refractivity contribution in [3.8, 4) is 5.88 Å². The predicted molar refractivity (Wildman–Crippen MR) is 81.8 cm³/mol. The van der Waals surface area contributed by atoms with Gasteiger partial charge in [0.25, 0.3) is 0 Å². The fourth-order valence-corrected chi connectivity index (χ4v) is 2.82. The number of aryl methyl sites for hydroxylation is 1. The Bertz CT molecular complexity index is 528. The molecule has 0 unspecified atom stereocenters. The van der Waals surface area contributed by atoms with Gasteiger partial charge >= 0.3 is 6.18 Å². The van der Waals surface area contributed by atoms with E-state index in [1.165, 1.54) is 4.90 Å². The molecule has 130 valence electrons. The van der Waals surface area contributed by atoms with Crippen molar-refractivity contribution in [2.24, 2.45) is 5.92 Å². The number of hydrogen-bond donors (Lipinski definition) is 1. The van der Waals surface area contributed by atoms with Crippen LogP contribution in [0.25, 0.3) is 0 Å². The van der Waals surface area contributed by atoms with E-state index in [9.17, 15) is 13.2 Å². The summed E-state index contributed by atoms with van der Waals surface area (Å²) in [6, 6.07) is 0. The SMILES string of the molecule is COc1nc(C)nc(NCC2CCN(CC(F)(F)F)CC2)c1C. The summed E-state index contributed by atoms with van der Waals surface area (Å²) in [7, 11) is 1.56. The molecule has 0 bridgehead atoms. The Balaban J connectivity index is 1.85. The summed E-state index contributed by atoms with van der Waals surface area (Å²) >= 11 is 0. The number of halogens is 3. The number of nitrogens with zero attached hydrogens (tertiary/aromatic N) is 3. The van der Waals surface area contributed by atoms with Crippen molar-refractivity contribution in [2.45, 2.75) is 32.9 Å². The number of alkyl halides is 3. The van der Waals surface area contributed by atoms with Crippen molar-refractivity contribution in [1.82, 2.24) is 14.9 Å². The van der Waals surface area contributed by atoms with E-state index in [4.69, 9.17) is 4.74 Å². The zero-order valence-corrected chi connectivity index (χ0v) is 13.7. The first kappa shape index (κ1) is 17.8. The summed E-state index contributed by atoms with van der Waals surface area (Å²) in [5, 5.41) is 3.29. The Hall–Kier alpha value is -1.57. The minimum absolute atomic E-state index is 0.347. The Morgan fingerprint density at radius 1 is 1.22 bits per heavy atom. The Morgan fingerprint density at radius 2 is 1.87 bits per heavy atom. The van der Waals surface area contributed by atoms with Crippen LogP contribution < -0.4 is 10.1 Å². The van der Waals surface area contributed by atoms with Crippen LogP contribution in [0.4, 0.5) is 19.0 Å². The molecule has 1 aliphatic rings. The molecular formula is C15H23F3N4O. The second kappa shape index (κ2) is 7.33. The molecule has 0 aliphatic carbocycles. The zero-order valence-electron chi connectivity index (χ0n) is 13.7. The molecule has 2 rings (SSSR count). The summed E-state index contributed by atoms with van der Waals surface area (Å²) in [5.74, 6) is 2.24. The Morgan fingerprint density at radius 3 is 2.43 bits per heavy atom. The van der Waals surface area contributed by atoms with Crippen LogP contribution in [-0.2, 0) is 0 Å². The quantitative estimate of drug-likeness (QED) is 0.898. The molecule has 1 saturated heterocycles. The zero-order chi connectivity index (χ0) is 17.0. The van der Waals surface area contributed by atoms with Crippen molar-refractivity contribution in [1.29, 1.82) is 0 Å². The molecule has 5 nitrogen and oxygen atoms in total. The smallest absolute Gasteiger partial charge is 0.401 e. The largest absolute Gasteiger partial charge is 0.481 e. The van der Waals surface area contributed by atoms with Gasteiger partial charge in [-0.15, -0.1) is 0 Å². The van der Waals surface area contributed by atoms with Gasteiger partial charge in [0.1, 0.15) is 11.6 Å². The van der Waals surface area contributed by atoms with E-state index in [0.29, 0.717) is 37.3 Å². The van der Waals surface area contributed by atoms with Crippen LogP contribution in [0.3, 0.4) is 0 Å². The van der Waals surface area contributed by atoms with Crippen molar-refractivity contribution in [3.05, 3.63) is 11.4 Å². The molecule has 23 heavy (non-hydrogen) atoms. The van der Waals surface area contributed by atoms with Crippen molar-refractivity contribution < 1.29 is 17.9 Å². The molecule has 1 aliphatic heterocycles. The van der Waals surface area contributed by atoms with Crippen LogP contribution in [0.5, 0.6) is 5.88 Å². The van der Waals surface area contributed by atoms with Gasteiger partial charge in [0.15, 0.2) is 0 Å². The van der Waals surface area contributed by atoms with E-state index in [-0.39, 0.29) is 0 Å². The van der Waals surface area contributed by atoms with E-state index in [0.717, 1.165) is 24.2 Å². The number of aromatic nitrogens is 2. The highest BCUT2D eigenvalue weighted by atomic mass is 19.4. The second-order valence-electron chi connectivity index (χ2n) is 5.97. The van der Waals surface area contributed by atoms with Gasteiger partial charge in [-0.2, -0.15) is 18.2 Å². The first-order valence-electron chi connectivity index (χ1n) is 7.70. The van der Waals surface area contributed by atoms with Crippen LogP contribution in [0.15, 0.2) is 0 Å². The normalized spacial score (nSPS) is 17.3. The number of methoxy groups -OCH3 is 1. The number of nitrogens with one attached hydrogen (secondary N) is 1. The second-order valence-corrected chi connectivity index (χ2v) is 5.97. The predicted octanol–water partition coefficient (Wildman–Crippen LogP) is 2.79. The van der Waals surface area contributed by atoms with Crippen LogP contribution in [0.2, 0.25) is 0 Å². The summed E-state index contributed by atoms with van der Waals surface area (Å²) in [6.07, 6.45) is -2.61. The fourth-order valence-electron chi connectivity index (χ4n) is 2.82. The average Bonchev–Trinajstić information content (AvgIpc) is 2.47. The van der Waals surface area contributed by atoms with Crippen LogP contribution in [0.1, 0.15) is 24.2 Å². The topological polar surface area (TPSA) is 50.3 Å². The van der Waals surface area contributed by atoms with Crippen LogP contribution in [0, 0.1) is 19.8 Å². The molecule has 8 heteroatoms. The highest BCUT2D eigenvalue weighted by molar-refractivity contribution is 5.48. The maximum Gasteiger partial charge on any atom is 0.401 e. The molecule has 0 radical (unpaired) electrons. The minimum Gasteiger partial charge on any atom is -0.481 e. The minimum atomic E-state index is -4.11. The summed E-state index contributed by atoms with van der Waals surface area (Å²) < 4.78 is 42.4. The Labute approximate surface area is 134 Å². The lowest BCUT2D eigenvalue weighted by Crippen LogP contribution is -2.41. The third kappa shape index (κ3) is 5.23. The first-order valence-corrected chi connectivity index (χ1v) is 7.70. The monoisotopic (exact) mass is 332 g/mol. The lowest BCUT2D eigenvalue weighted by molar-refractivity contribution is -0.148. The third-order valence-electron chi connectivity index (χ3n) is 4.07. The van der Waals surface area contributed by atoms with Gasteiger partial charge < -0.3 is 10.1 Å². The van der Waals surface area contributed by atoms with Crippen molar-refractivity contribution in [3.63, 3.8) is 0 Å². The first-order chi connectivity index (χ1) is 10.8. The Kier molecular flexibility index (Phi) is 5.67. The molecule has 1 aromatic heterocycles. The molecule has 1 N–H and O–H groups in total. The molecule has 0 saturated carbocycles. The van der Waals surface area contributed by atoms with Gasteiger partial charge in [0.05, 0.1) is 19.2 Å². The molecule has 1 aromatic rings. The van der Waals surface area contributed by atoms with Gasteiger partial charge in [0.2, 0.25) is 5.88 Å². The van der Waals surface area contributed by atoms with E-state index < -0.39 is 12.7 Å². The molecule has 2 heterocycles. The van der Waals surface area contributed by atoms with Gasteiger partial charge in [-0.1, -0.05) is 0 Å². The number of piperidine rings is 1. The summed E-state index contributed by atoms with van der Waals surface area (Å²) in [5.41, 5.74) is 0.840. The van der Waals surface area contributed by atoms with E-state index in [2.05, 4.69) is 15.3 Å². The molecule has 0 aromatic carbocycles. The highest BCUT2D eigenvalue weighted by Gasteiger charge is 2.32. The van der Waals surface area contributed by atoms with E-state index in [1.807, 2.05) is 6.92 Å². The number of likely N-dealkylation sites (tertiary alicyclic amines) is 1. The third-order valence-corrected chi connectivity index (χ3v) is 4.07. The van der Waals surface area contributed by atoms with Gasteiger partial charge in [-0.05, 0) is 45.7 Å². The van der Waals surface area contributed by atoms with Gasteiger partial charge in [0, 0.05) is 6.54 Å². The van der Waals surface area contributed by atoms with E-state index in [1.54, 1.807) is 14.0 Å². The standard InChI is InChI=1S/C15H23F3N4O/c1-10-13(20-11(2)21-14(10)23-3)19-8-12-4-6-22(7-5-12)9-15(16,17)18/h12H,4-9H2,1-3H3,(H,19,20,21). The van der Waals surface area contributed by atoms with E-state index >= 15 is 0 Å². The maximum atomic E-state index is 12.4. The van der Waals surface area contributed by atoms with Crippen molar-refractivity contribution in [2.75, 3.05) is 38.6 Å². The number of anilines is 1.